The fourth-order valence-corrected chi connectivity index (χ4v) is 6.67. The summed E-state index contributed by atoms with van der Waals surface area (Å²) in [6, 6.07) is 7.25. The van der Waals surface area contributed by atoms with Gasteiger partial charge in [0.15, 0.2) is 0 Å². The highest BCUT2D eigenvalue weighted by molar-refractivity contribution is 7.90. The Morgan fingerprint density at radius 3 is 2.41 bits per heavy atom. The average Bonchev–Trinajstić information content (AvgIpc) is 3.47. The molecule has 1 saturated heterocycles. The number of benzene rings is 1. The molecule has 0 aromatic heterocycles. The molecule has 1 aliphatic heterocycles. The molecule has 0 radical (unpaired) electrons. The van der Waals surface area contributed by atoms with Crippen LogP contribution in [-0.4, -0.2) is 44.1 Å². The molecular formula is C20H28N2O4S. The first-order chi connectivity index (χ1) is 12.9. The average molecular weight is 393 g/mol. The second kappa shape index (κ2) is 7.09. The van der Waals surface area contributed by atoms with Crippen molar-refractivity contribution in [3.8, 4) is 5.75 Å². The second-order valence-electron chi connectivity index (χ2n) is 8.23. The smallest absolute Gasteiger partial charge is 0.229 e. The van der Waals surface area contributed by atoms with Gasteiger partial charge in [-0.3, -0.25) is 4.79 Å². The molecule has 1 aromatic carbocycles. The fourth-order valence-electron chi connectivity index (χ4n) is 4.72. The molecule has 3 aliphatic rings. The lowest BCUT2D eigenvalue weighted by Gasteiger charge is -2.37. The van der Waals surface area contributed by atoms with Crippen LogP contribution in [0.15, 0.2) is 24.3 Å². The maximum absolute atomic E-state index is 13.1. The number of rotatable bonds is 5. The predicted octanol–water partition coefficient (Wildman–Crippen LogP) is 3.01. The highest BCUT2D eigenvalue weighted by atomic mass is 32.2. The Kier molecular flexibility index (Phi) is 4.93. The number of anilines is 1. The molecule has 0 unspecified atom stereocenters. The van der Waals surface area contributed by atoms with Gasteiger partial charge < -0.3 is 10.1 Å². The van der Waals surface area contributed by atoms with Crippen LogP contribution in [0, 0.1) is 11.3 Å². The van der Waals surface area contributed by atoms with E-state index in [-0.39, 0.29) is 22.5 Å². The Hall–Kier alpha value is -1.60. The van der Waals surface area contributed by atoms with Crippen molar-refractivity contribution >= 4 is 21.6 Å². The lowest BCUT2D eigenvalue weighted by molar-refractivity contribution is -0.123. The van der Waals surface area contributed by atoms with E-state index in [1.165, 1.54) is 6.42 Å². The summed E-state index contributed by atoms with van der Waals surface area (Å²) in [7, 11) is -1.65. The molecule has 1 spiro atoms. The maximum atomic E-state index is 13.1. The first kappa shape index (κ1) is 18.7. The molecule has 3 fully saturated rings. The van der Waals surface area contributed by atoms with Crippen molar-refractivity contribution in [1.29, 1.82) is 0 Å². The minimum absolute atomic E-state index is 0.0597. The van der Waals surface area contributed by atoms with Gasteiger partial charge in [-0.25, -0.2) is 12.7 Å². The first-order valence-electron chi connectivity index (χ1n) is 9.88. The zero-order valence-electron chi connectivity index (χ0n) is 15.8. The number of hydrogen-bond donors (Lipinski definition) is 1. The summed E-state index contributed by atoms with van der Waals surface area (Å²) in [6.07, 6.45) is 6.70. The number of nitrogens with one attached hydrogen (secondary N) is 1. The summed E-state index contributed by atoms with van der Waals surface area (Å²) >= 11 is 0. The van der Waals surface area contributed by atoms with E-state index < -0.39 is 10.0 Å². The van der Waals surface area contributed by atoms with E-state index in [4.69, 9.17) is 4.74 Å². The normalized spacial score (nSPS) is 25.4. The van der Waals surface area contributed by atoms with Crippen molar-refractivity contribution in [2.24, 2.45) is 11.3 Å². The van der Waals surface area contributed by atoms with Crippen LogP contribution >= 0.6 is 0 Å². The van der Waals surface area contributed by atoms with Crippen LogP contribution in [0.3, 0.4) is 0 Å². The van der Waals surface area contributed by atoms with Gasteiger partial charge >= 0.3 is 0 Å². The summed E-state index contributed by atoms with van der Waals surface area (Å²) in [5, 5.41) is 2.79. The van der Waals surface area contributed by atoms with Crippen molar-refractivity contribution in [3.63, 3.8) is 0 Å². The van der Waals surface area contributed by atoms with Crippen LogP contribution in [0.25, 0.3) is 0 Å². The summed E-state index contributed by atoms with van der Waals surface area (Å²) in [4.78, 5) is 13.1. The Bertz CT molecular complexity index is 796. The number of nitrogens with zero attached hydrogens (tertiary/aromatic N) is 1. The van der Waals surface area contributed by atoms with Crippen molar-refractivity contribution < 1.29 is 17.9 Å². The third-order valence-electron chi connectivity index (χ3n) is 6.45. The van der Waals surface area contributed by atoms with Crippen molar-refractivity contribution in [3.05, 3.63) is 24.3 Å². The van der Waals surface area contributed by atoms with E-state index in [1.807, 2.05) is 24.3 Å². The van der Waals surface area contributed by atoms with Crippen LogP contribution in [0.5, 0.6) is 5.75 Å². The maximum Gasteiger partial charge on any atom is 0.229 e. The van der Waals surface area contributed by atoms with Gasteiger partial charge in [0, 0.05) is 18.8 Å². The number of carbonyl (C=O) groups is 1. The first-order valence-corrected chi connectivity index (χ1v) is 11.4. The van der Waals surface area contributed by atoms with E-state index in [0.717, 1.165) is 50.0 Å². The van der Waals surface area contributed by atoms with Gasteiger partial charge in [-0.1, -0.05) is 19.3 Å². The summed E-state index contributed by atoms with van der Waals surface area (Å²) in [6.45, 7) is 0.827. The SMILES string of the molecule is COc1ccc(NC(=O)[C@@H]2CN(S(=O)(=O)C3CC3)CC23CCCCC3)cc1. The summed E-state index contributed by atoms with van der Waals surface area (Å²) in [5.41, 5.74) is 0.506. The Balaban J connectivity index is 1.54. The highest BCUT2D eigenvalue weighted by Crippen LogP contribution is 2.50. The second-order valence-corrected chi connectivity index (χ2v) is 10.4. The van der Waals surface area contributed by atoms with Crippen LogP contribution in [0.4, 0.5) is 5.69 Å². The van der Waals surface area contributed by atoms with Gasteiger partial charge in [0.2, 0.25) is 15.9 Å². The molecule has 2 aliphatic carbocycles. The highest BCUT2D eigenvalue weighted by Gasteiger charge is 2.55. The van der Waals surface area contributed by atoms with Gasteiger partial charge in [-0.05, 0) is 55.4 Å². The number of ether oxygens (including phenoxy) is 1. The number of methoxy groups -OCH3 is 1. The predicted molar refractivity (Wildman–Crippen MR) is 104 cm³/mol. The number of carbonyl (C=O) groups excluding carboxylic acids is 1. The van der Waals surface area contributed by atoms with Crippen LogP contribution < -0.4 is 10.1 Å². The molecule has 1 heterocycles. The van der Waals surface area contributed by atoms with E-state index >= 15 is 0 Å². The molecule has 1 N–H and O–H groups in total. The molecule has 2 saturated carbocycles. The zero-order valence-corrected chi connectivity index (χ0v) is 16.6. The Labute approximate surface area is 161 Å². The molecule has 4 rings (SSSR count). The van der Waals surface area contributed by atoms with Crippen molar-refractivity contribution in [2.75, 3.05) is 25.5 Å². The lowest BCUT2D eigenvalue weighted by Crippen LogP contribution is -2.39. The van der Waals surface area contributed by atoms with E-state index in [9.17, 15) is 13.2 Å². The fraction of sp³-hybridized carbons (Fsp3) is 0.650. The minimum atomic E-state index is -3.25. The standard InChI is InChI=1S/C20H28N2O4S/c1-26-16-7-5-15(6-8-16)21-19(23)18-13-22(27(24,25)17-9-10-17)14-20(18)11-3-2-4-12-20/h5-8,17-18H,2-4,9-14H2,1H3,(H,21,23)/t18-/m0/s1. The molecule has 148 valence electrons. The molecule has 6 nitrogen and oxygen atoms in total. The largest absolute Gasteiger partial charge is 0.497 e. The van der Waals surface area contributed by atoms with Gasteiger partial charge in [-0.15, -0.1) is 0 Å². The van der Waals surface area contributed by atoms with Crippen LogP contribution in [-0.2, 0) is 14.8 Å². The third-order valence-corrected chi connectivity index (χ3v) is 8.76. The van der Waals surface area contributed by atoms with E-state index in [1.54, 1.807) is 11.4 Å². The van der Waals surface area contributed by atoms with Gasteiger partial charge in [-0.2, -0.15) is 0 Å². The Morgan fingerprint density at radius 1 is 1.15 bits per heavy atom. The molecule has 1 aromatic rings. The van der Waals surface area contributed by atoms with Crippen LogP contribution in [0.1, 0.15) is 44.9 Å². The molecule has 1 amide bonds. The minimum Gasteiger partial charge on any atom is -0.497 e. The molecule has 27 heavy (non-hydrogen) atoms. The van der Waals surface area contributed by atoms with Gasteiger partial charge in [0.1, 0.15) is 5.75 Å². The molecular weight excluding hydrogens is 364 g/mol. The number of sulfonamides is 1. The lowest BCUT2D eigenvalue weighted by atomic mass is 9.67. The molecule has 7 heteroatoms. The van der Waals surface area contributed by atoms with E-state index in [0.29, 0.717) is 13.1 Å². The topological polar surface area (TPSA) is 75.7 Å². The zero-order chi connectivity index (χ0) is 19.1. The molecule has 0 bridgehead atoms. The third kappa shape index (κ3) is 3.59. The van der Waals surface area contributed by atoms with Crippen molar-refractivity contribution in [2.45, 2.75) is 50.2 Å². The van der Waals surface area contributed by atoms with Crippen LogP contribution in [0.2, 0.25) is 0 Å². The quantitative estimate of drug-likeness (QED) is 0.836. The summed E-state index contributed by atoms with van der Waals surface area (Å²) in [5.74, 6) is 0.392. The molecule has 1 atom stereocenters. The van der Waals surface area contributed by atoms with Crippen molar-refractivity contribution in [1.82, 2.24) is 4.31 Å². The number of hydrogen-bond acceptors (Lipinski definition) is 4. The van der Waals surface area contributed by atoms with E-state index in [2.05, 4.69) is 5.32 Å². The van der Waals surface area contributed by atoms with Gasteiger partial charge in [0.25, 0.3) is 0 Å². The summed E-state index contributed by atoms with van der Waals surface area (Å²) < 4.78 is 32.4. The number of amides is 1. The monoisotopic (exact) mass is 392 g/mol. The van der Waals surface area contributed by atoms with Gasteiger partial charge in [0.05, 0.1) is 18.3 Å². The Morgan fingerprint density at radius 2 is 1.81 bits per heavy atom.